The zero-order chi connectivity index (χ0) is 24.1. The normalized spacial score (nSPS) is 13.1. The van der Waals surface area contributed by atoms with Gasteiger partial charge in [-0.25, -0.2) is 4.79 Å². The van der Waals surface area contributed by atoms with Gasteiger partial charge in [-0.1, -0.05) is 77.3 Å². The lowest BCUT2D eigenvalue weighted by atomic mass is 10.0. The molecule has 2 rings (SSSR count). The fourth-order valence-corrected chi connectivity index (χ4v) is 3.90. The molecule has 184 valence electrons. The Labute approximate surface area is 197 Å². The van der Waals surface area contributed by atoms with Crippen LogP contribution in [0.25, 0.3) is 10.8 Å². The Kier molecular flexibility index (Phi) is 12.0. The maximum Gasteiger partial charge on any atom is 0.339 e. The quantitative estimate of drug-likeness (QED) is 0.252. The van der Waals surface area contributed by atoms with Crippen molar-refractivity contribution < 1.29 is 29.6 Å². The first-order chi connectivity index (χ1) is 16.0. The predicted molar refractivity (Wildman–Crippen MR) is 131 cm³/mol. The van der Waals surface area contributed by atoms with Gasteiger partial charge in [-0.15, -0.1) is 0 Å². The lowest BCUT2D eigenvalue weighted by molar-refractivity contribution is 0.0681. The number of aliphatic hydroxyl groups is 2. The Morgan fingerprint density at radius 1 is 0.788 bits per heavy atom. The summed E-state index contributed by atoms with van der Waals surface area (Å²) in [6, 6.07) is 8.58. The molecule has 0 aliphatic heterocycles. The van der Waals surface area contributed by atoms with Gasteiger partial charge in [0, 0.05) is 10.8 Å². The predicted octanol–water partition coefficient (Wildman–Crippen LogP) is 5.96. The van der Waals surface area contributed by atoms with Crippen molar-refractivity contribution in [1.82, 2.24) is 0 Å². The molecule has 0 bridgehead atoms. The molecule has 3 N–H and O–H groups in total. The topological polar surface area (TPSA) is 96.2 Å². The van der Waals surface area contributed by atoms with Crippen LogP contribution < -0.4 is 9.47 Å². The van der Waals surface area contributed by atoms with Crippen LogP contribution in [-0.4, -0.2) is 46.7 Å². The minimum atomic E-state index is -1.09. The van der Waals surface area contributed by atoms with Gasteiger partial charge in [0.15, 0.2) is 0 Å². The number of carboxylic acids is 1. The summed E-state index contributed by atoms with van der Waals surface area (Å²) in [5.41, 5.74) is 0.0498. The molecule has 0 saturated carbocycles. The number of benzene rings is 2. The van der Waals surface area contributed by atoms with E-state index in [0.717, 1.165) is 44.9 Å². The first-order valence-corrected chi connectivity index (χ1v) is 12.4. The lowest BCUT2D eigenvalue weighted by Gasteiger charge is -2.18. The highest BCUT2D eigenvalue weighted by Crippen LogP contribution is 2.35. The lowest BCUT2D eigenvalue weighted by Crippen LogP contribution is -2.19. The fourth-order valence-electron chi connectivity index (χ4n) is 3.90. The smallest absolute Gasteiger partial charge is 0.339 e. The van der Waals surface area contributed by atoms with Crippen molar-refractivity contribution in [3.8, 4) is 11.5 Å². The second-order valence-corrected chi connectivity index (χ2v) is 8.73. The fraction of sp³-hybridized carbons (Fsp3) is 0.593. The first-order valence-electron chi connectivity index (χ1n) is 12.4. The zero-order valence-corrected chi connectivity index (χ0v) is 20.1. The van der Waals surface area contributed by atoms with E-state index in [1.807, 2.05) is 0 Å². The Hall–Kier alpha value is -2.31. The Bertz CT molecular complexity index is 850. The van der Waals surface area contributed by atoms with E-state index in [1.165, 1.54) is 12.5 Å². The van der Waals surface area contributed by atoms with Gasteiger partial charge in [0.25, 0.3) is 0 Å². The SMILES string of the molecule is CCCCCCC(O)COc1cccc2c(OCC(O)CCCCCC)c(C(=O)O)ccc12. The van der Waals surface area contributed by atoms with Crippen molar-refractivity contribution in [1.29, 1.82) is 0 Å². The molecule has 0 radical (unpaired) electrons. The van der Waals surface area contributed by atoms with Gasteiger partial charge in [0.2, 0.25) is 0 Å². The number of carboxylic acid groups (broad SMARTS) is 1. The molecular weight excluding hydrogens is 420 g/mol. The van der Waals surface area contributed by atoms with E-state index in [1.54, 1.807) is 24.3 Å². The molecule has 0 fully saturated rings. The molecule has 6 nitrogen and oxygen atoms in total. The van der Waals surface area contributed by atoms with Crippen molar-refractivity contribution in [2.75, 3.05) is 13.2 Å². The average molecular weight is 461 g/mol. The van der Waals surface area contributed by atoms with Crippen LogP contribution in [0.1, 0.15) is 88.4 Å². The van der Waals surface area contributed by atoms with E-state index in [9.17, 15) is 20.1 Å². The van der Waals surface area contributed by atoms with Crippen molar-refractivity contribution >= 4 is 16.7 Å². The molecule has 6 heteroatoms. The van der Waals surface area contributed by atoms with E-state index < -0.39 is 18.2 Å². The summed E-state index contributed by atoms with van der Waals surface area (Å²) in [7, 11) is 0. The van der Waals surface area contributed by atoms with Crippen LogP contribution in [0.3, 0.4) is 0 Å². The maximum atomic E-state index is 11.8. The number of rotatable bonds is 17. The van der Waals surface area contributed by atoms with Crippen molar-refractivity contribution in [3.05, 3.63) is 35.9 Å². The molecule has 33 heavy (non-hydrogen) atoms. The molecule has 2 aromatic carbocycles. The zero-order valence-electron chi connectivity index (χ0n) is 20.1. The summed E-state index contributed by atoms with van der Waals surface area (Å²) in [4.78, 5) is 11.8. The van der Waals surface area contributed by atoms with E-state index in [0.29, 0.717) is 29.4 Å². The summed E-state index contributed by atoms with van der Waals surface area (Å²) in [6.45, 7) is 4.51. The minimum Gasteiger partial charge on any atom is -0.490 e. The molecule has 2 unspecified atom stereocenters. The van der Waals surface area contributed by atoms with Crippen LogP contribution in [0, 0.1) is 0 Å². The van der Waals surface area contributed by atoms with Gasteiger partial charge >= 0.3 is 5.97 Å². The average Bonchev–Trinajstić information content (AvgIpc) is 2.81. The second kappa shape index (κ2) is 14.8. The monoisotopic (exact) mass is 460 g/mol. The Morgan fingerprint density at radius 3 is 1.97 bits per heavy atom. The van der Waals surface area contributed by atoms with Gasteiger partial charge in [-0.05, 0) is 31.0 Å². The van der Waals surface area contributed by atoms with Crippen molar-refractivity contribution in [3.63, 3.8) is 0 Å². The van der Waals surface area contributed by atoms with Crippen LogP contribution in [0.5, 0.6) is 11.5 Å². The number of ether oxygens (including phenoxy) is 2. The summed E-state index contributed by atoms with van der Waals surface area (Å²) in [6.07, 6.45) is 8.75. The molecule has 0 spiro atoms. The molecule has 2 aromatic rings. The number of aromatic carboxylic acids is 1. The summed E-state index contributed by atoms with van der Waals surface area (Å²) in [5, 5.41) is 31.5. The first kappa shape index (κ1) is 26.9. The number of hydrogen-bond donors (Lipinski definition) is 3. The molecule has 0 amide bonds. The molecule has 0 saturated heterocycles. The largest absolute Gasteiger partial charge is 0.490 e. The number of fused-ring (bicyclic) bond motifs is 1. The van der Waals surface area contributed by atoms with Crippen LogP contribution >= 0.6 is 0 Å². The summed E-state index contributed by atoms with van der Waals surface area (Å²) >= 11 is 0. The van der Waals surface area contributed by atoms with Crippen molar-refractivity contribution in [2.24, 2.45) is 0 Å². The number of carbonyl (C=O) groups is 1. The summed E-state index contributed by atoms with van der Waals surface area (Å²) in [5.74, 6) is -0.279. The molecule has 0 aromatic heterocycles. The second-order valence-electron chi connectivity index (χ2n) is 8.73. The number of aliphatic hydroxyl groups excluding tert-OH is 2. The molecule has 0 heterocycles. The maximum absolute atomic E-state index is 11.8. The van der Waals surface area contributed by atoms with Crippen molar-refractivity contribution in [2.45, 2.75) is 90.3 Å². The number of unbranched alkanes of at least 4 members (excludes halogenated alkanes) is 6. The van der Waals surface area contributed by atoms with Crippen LogP contribution in [0.4, 0.5) is 0 Å². The highest BCUT2D eigenvalue weighted by molar-refractivity contribution is 6.02. The van der Waals surface area contributed by atoms with Gasteiger partial charge in [0.1, 0.15) is 30.3 Å². The van der Waals surface area contributed by atoms with Gasteiger partial charge in [-0.3, -0.25) is 0 Å². The van der Waals surface area contributed by atoms with Crippen LogP contribution in [0.15, 0.2) is 30.3 Å². The highest BCUT2D eigenvalue weighted by atomic mass is 16.5. The van der Waals surface area contributed by atoms with E-state index >= 15 is 0 Å². The summed E-state index contributed by atoms with van der Waals surface area (Å²) < 4.78 is 11.7. The van der Waals surface area contributed by atoms with E-state index in [2.05, 4.69) is 13.8 Å². The molecule has 2 atom stereocenters. The third-order valence-electron chi connectivity index (χ3n) is 5.84. The molecule has 0 aliphatic rings. The Morgan fingerprint density at radius 2 is 1.39 bits per heavy atom. The van der Waals surface area contributed by atoms with Crippen LogP contribution in [-0.2, 0) is 0 Å². The van der Waals surface area contributed by atoms with Gasteiger partial charge < -0.3 is 24.8 Å². The third kappa shape index (κ3) is 8.86. The van der Waals surface area contributed by atoms with Gasteiger partial charge in [0.05, 0.1) is 12.2 Å². The van der Waals surface area contributed by atoms with Crippen LogP contribution in [0.2, 0.25) is 0 Å². The number of hydrogen-bond acceptors (Lipinski definition) is 5. The third-order valence-corrected chi connectivity index (χ3v) is 5.84. The van der Waals surface area contributed by atoms with Gasteiger partial charge in [-0.2, -0.15) is 0 Å². The standard InChI is InChI=1S/C27H40O6/c1-3-5-7-9-12-20(28)18-32-25-15-11-14-23-22(25)16-17-24(27(30)31)26(23)33-19-21(29)13-10-8-6-4-2/h11,14-17,20-21,28-29H,3-10,12-13,18-19H2,1-2H3,(H,30,31). The minimum absolute atomic E-state index is 0.0348. The molecular formula is C27H40O6. The Balaban J connectivity index is 2.10. The van der Waals surface area contributed by atoms with E-state index in [-0.39, 0.29) is 24.5 Å². The van der Waals surface area contributed by atoms with E-state index in [4.69, 9.17) is 9.47 Å². The highest BCUT2D eigenvalue weighted by Gasteiger charge is 2.18. The molecule has 0 aliphatic carbocycles.